The highest BCUT2D eigenvalue weighted by molar-refractivity contribution is 7.16. The smallest absolute Gasteiger partial charge is 0.435 e. The van der Waals surface area contributed by atoms with Gasteiger partial charge in [0.05, 0.1) is 19.8 Å². The van der Waals surface area contributed by atoms with Crippen LogP contribution in [0.2, 0.25) is 0 Å². The lowest BCUT2D eigenvalue weighted by molar-refractivity contribution is -0.249. The number of allylic oxidation sites excluding steroid dienone is 1. The van der Waals surface area contributed by atoms with E-state index < -0.39 is 34.4 Å². The molecule has 0 fully saturated rings. The number of rotatable bonds is 11. The highest BCUT2D eigenvalue weighted by atomic mass is 32.1. The Labute approximate surface area is 295 Å². The number of alkyl halides is 3. The van der Waals surface area contributed by atoms with Gasteiger partial charge < -0.3 is 19.8 Å². The molecule has 50 heavy (non-hydrogen) atoms. The molecule has 0 spiro atoms. The number of ether oxygens (including phenoxy) is 1. The molecule has 5 rings (SSSR count). The number of likely N-dealkylation sites (N-methyl/N-ethyl adjacent to an activating group) is 1. The van der Waals surface area contributed by atoms with Crippen LogP contribution in [0.5, 0.6) is 0 Å². The molecule has 2 N–H and O–H groups in total. The minimum atomic E-state index is -5.09. The van der Waals surface area contributed by atoms with Gasteiger partial charge in [0, 0.05) is 49.4 Å². The molecular formula is C38H29F3N4O3S2. The zero-order valence-corrected chi connectivity index (χ0v) is 28.2. The fraction of sp³-hybridized carbons (Fsp3) is 0.184. The number of aliphatic hydroxyl groups excluding tert-OH is 2. The molecule has 0 radical (unpaired) electrons. The van der Waals surface area contributed by atoms with Gasteiger partial charge in [0.15, 0.2) is 11.3 Å². The lowest BCUT2D eigenvalue weighted by Gasteiger charge is -2.34. The number of hydrogen-bond acceptors (Lipinski definition) is 8. The molecule has 2 aromatic heterocycles. The van der Waals surface area contributed by atoms with Crippen LogP contribution in [0.15, 0.2) is 101 Å². The SMILES string of the molecule is [C-]#[N+]C1=C(/C=C/c2sc(/C=C/c3ccc(-c4ccc(N(CC)CCO)cc4)s3)cc2CO)C(c2ccccc2)(C(F)(F)F)OC1=C(C#N)C#N. The summed E-state index contributed by atoms with van der Waals surface area (Å²) < 4.78 is 50.8. The molecule has 1 atom stereocenters. The average Bonchev–Trinajstić information content (AvgIpc) is 3.85. The van der Waals surface area contributed by atoms with E-state index in [-0.39, 0.29) is 18.8 Å². The number of hydrogen-bond donors (Lipinski definition) is 2. The van der Waals surface area contributed by atoms with Gasteiger partial charge in [-0.2, -0.15) is 23.7 Å². The minimum Gasteiger partial charge on any atom is -0.478 e. The van der Waals surface area contributed by atoms with Crippen molar-refractivity contribution in [3.8, 4) is 22.6 Å². The predicted molar refractivity (Wildman–Crippen MR) is 190 cm³/mol. The van der Waals surface area contributed by atoms with Gasteiger partial charge in [-0.1, -0.05) is 48.5 Å². The number of thiophene rings is 2. The van der Waals surface area contributed by atoms with Gasteiger partial charge >= 0.3 is 6.18 Å². The maximum atomic E-state index is 15.1. The summed E-state index contributed by atoms with van der Waals surface area (Å²) in [5, 5.41) is 38.4. The van der Waals surface area contributed by atoms with Crippen LogP contribution in [0, 0.1) is 29.2 Å². The van der Waals surface area contributed by atoms with Gasteiger partial charge in [-0.05, 0) is 66.6 Å². The summed E-state index contributed by atoms with van der Waals surface area (Å²) in [4.78, 5) is 8.61. The number of nitriles is 2. The highest BCUT2D eigenvalue weighted by Gasteiger charge is 2.64. The number of aliphatic hydroxyl groups is 2. The van der Waals surface area contributed by atoms with Crippen molar-refractivity contribution >= 4 is 46.6 Å². The molecule has 4 aromatic rings. The van der Waals surface area contributed by atoms with E-state index in [0.717, 1.165) is 38.5 Å². The molecule has 1 aliphatic rings. The summed E-state index contributed by atoms with van der Waals surface area (Å²) in [6, 6.07) is 23.7. The Kier molecular flexibility index (Phi) is 11.1. The average molecular weight is 711 g/mol. The summed E-state index contributed by atoms with van der Waals surface area (Å²) in [6.45, 7) is 10.8. The van der Waals surface area contributed by atoms with Crippen LogP contribution in [0.4, 0.5) is 18.9 Å². The van der Waals surface area contributed by atoms with E-state index >= 15 is 13.2 Å². The summed E-state index contributed by atoms with van der Waals surface area (Å²) in [7, 11) is 0. The Balaban J connectivity index is 1.47. The quantitative estimate of drug-likeness (QED) is 0.119. The lowest BCUT2D eigenvalue weighted by Crippen LogP contribution is -2.43. The number of anilines is 1. The maximum absolute atomic E-state index is 15.1. The first kappa shape index (κ1) is 35.9. The monoisotopic (exact) mass is 710 g/mol. The van der Waals surface area contributed by atoms with Crippen LogP contribution < -0.4 is 4.90 Å². The Morgan fingerprint density at radius 2 is 1.66 bits per heavy atom. The molecule has 0 saturated heterocycles. The van der Waals surface area contributed by atoms with E-state index in [1.54, 1.807) is 29.5 Å². The Bertz CT molecular complexity index is 2090. The molecule has 252 valence electrons. The molecule has 0 amide bonds. The third kappa shape index (κ3) is 7.00. The normalized spacial score (nSPS) is 16.0. The Morgan fingerprint density at radius 1 is 0.960 bits per heavy atom. The van der Waals surface area contributed by atoms with Gasteiger partial charge in [-0.25, -0.2) is 4.85 Å². The van der Waals surface area contributed by atoms with Gasteiger partial charge in [-0.15, -0.1) is 22.7 Å². The molecule has 3 heterocycles. The van der Waals surface area contributed by atoms with Crippen LogP contribution in [-0.2, 0) is 16.9 Å². The molecule has 1 aliphatic heterocycles. The predicted octanol–water partition coefficient (Wildman–Crippen LogP) is 8.93. The van der Waals surface area contributed by atoms with Crippen molar-refractivity contribution in [3.05, 3.63) is 139 Å². The van der Waals surface area contributed by atoms with E-state index in [0.29, 0.717) is 17.0 Å². The largest absolute Gasteiger partial charge is 0.478 e. The van der Waals surface area contributed by atoms with Gasteiger partial charge in [-0.3, -0.25) is 0 Å². The molecule has 0 aliphatic carbocycles. The zero-order valence-electron chi connectivity index (χ0n) is 26.6. The molecule has 0 bridgehead atoms. The van der Waals surface area contributed by atoms with Crippen LogP contribution in [0.25, 0.3) is 33.5 Å². The number of halogens is 3. The second-order valence-electron chi connectivity index (χ2n) is 10.9. The first-order valence-electron chi connectivity index (χ1n) is 15.3. The third-order valence-corrected chi connectivity index (χ3v) is 10.2. The van der Waals surface area contributed by atoms with Crippen molar-refractivity contribution in [2.45, 2.75) is 25.3 Å². The van der Waals surface area contributed by atoms with E-state index in [4.69, 9.17) is 11.3 Å². The number of benzene rings is 2. The van der Waals surface area contributed by atoms with Crippen molar-refractivity contribution in [1.82, 2.24) is 0 Å². The van der Waals surface area contributed by atoms with E-state index in [2.05, 4.69) is 9.74 Å². The molecular weight excluding hydrogens is 682 g/mol. The Morgan fingerprint density at radius 3 is 2.26 bits per heavy atom. The van der Waals surface area contributed by atoms with E-state index in [1.165, 1.54) is 47.7 Å². The van der Waals surface area contributed by atoms with Crippen LogP contribution in [0.3, 0.4) is 0 Å². The summed E-state index contributed by atoms with van der Waals surface area (Å²) in [5.74, 6) is -0.737. The summed E-state index contributed by atoms with van der Waals surface area (Å²) in [6.07, 6.45) is 1.18. The van der Waals surface area contributed by atoms with Crippen molar-refractivity contribution in [2.24, 2.45) is 0 Å². The van der Waals surface area contributed by atoms with Crippen molar-refractivity contribution in [2.75, 3.05) is 24.6 Å². The first-order chi connectivity index (χ1) is 24.1. The highest BCUT2D eigenvalue weighted by Crippen LogP contribution is 2.56. The molecule has 2 aromatic carbocycles. The van der Waals surface area contributed by atoms with Gasteiger partial charge in [0.1, 0.15) is 12.1 Å². The first-order valence-corrected chi connectivity index (χ1v) is 16.9. The van der Waals surface area contributed by atoms with E-state index in [1.807, 2.05) is 55.5 Å². The van der Waals surface area contributed by atoms with Gasteiger partial charge in [0.2, 0.25) is 11.3 Å². The Hall–Kier alpha value is -5.42. The van der Waals surface area contributed by atoms with Crippen LogP contribution in [0.1, 0.15) is 32.7 Å². The van der Waals surface area contributed by atoms with E-state index in [9.17, 15) is 20.7 Å². The van der Waals surface area contributed by atoms with Crippen LogP contribution >= 0.6 is 22.7 Å². The summed E-state index contributed by atoms with van der Waals surface area (Å²) >= 11 is 2.82. The molecule has 7 nitrogen and oxygen atoms in total. The van der Waals surface area contributed by atoms with Crippen molar-refractivity contribution in [3.63, 3.8) is 0 Å². The molecule has 1 unspecified atom stereocenters. The van der Waals surface area contributed by atoms with Crippen molar-refractivity contribution < 1.29 is 28.1 Å². The topological polar surface area (TPSA) is 105 Å². The maximum Gasteiger partial charge on any atom is 0.435 e. The number of nitrogens with zero attached hydrogens (tertiary/aromatic N) is 4. The van der Waals surface area contributed by atoms with Gasteiger partial charge in [0.25, 0.3) is 0 Å². The summed E-state index contributed by atoms with van der Waals surface area (Å²) in [5.41, 5.74) is -2.87. The third-order valence-electron chi connectivity index (χ3n) is 7.99. The fourth-order valence-corrected chi connectivity index (χ4v) is 7.47. The molecule has 12 heteroatoms. The minimum absolute atomic E-state index is 0.0765. The van der Waals surface area contributed by atoms with Crippen LogP contribution in [-0.4, -0.2) is 36.1 Å². The second kappa shape index (κ2) is 15.4. The molecule has 0 saturated carbocycles. The zero-order chi connectivity index (χ0) is 35.9. The standard InChI is InChI=1S/C38H29F3N4O3S2/c1-3-45(19-20-46)29-11-9-25(10-12-29)33-17-15-30(49-33)13-14-31-21-26(24-47)34(50-31)18-16-32-35(44-2)36(27(22-42)23-43)48-37(32,38(39,40)41)28-7-5-4-6-8-28/h4-18,21,46-47H,3,19-20,24H2,1H3/b14-13+,18-16+. The lowest BCUT2D eigenvalue weighted by atomic mass is 9.85. The second-order valence-corrected chi connectivity index (χ2v) is 13.1. The fourth-order valence-electron chi connectivity index (χ4n) is 5.57. The van der Waals surface area contributed by atoms with Crippen molar-refractivity contribution in [1.29, 1.82) is 10.5 Å².